The molecule has 2 N–H and O–H groups in total. The summed E-state index contributed by atoms with van der Waals surface area (Å²) < 4.78 is 5.63. The van der Waals surface area contributed by atoms with Gasteiger partial charge in [0.05, 0.1) is 13.2 Å². The number of nitrogens with zero attached hydrogens (tertiary/aromatic N) is 1. The molecule has 1 heterocycles. The maximum absolute atomic E-state index is 13.5. The monoisotopic (exact) mass is 435 g/mol. The van der Waals surface area contributed by atoms with Crippen molar-refractivity contribution in [2.45, 2.75) is 57.5 Å². The zero-order valence-electron chi connectivity index (χ0n) is 19.5. The van der Waals surface area contributed by atoms with Gasteiger partial charge in [-0.2, -0.15) is 0 Å². The van der Waals surface area contributed by atoms with E-state index in [9.17, 15) is 4.79 Å². The van der Waals surface area contributed by atoms with Gasteiger partial charge in [-0.15, -0.1) is 0 Å². The van der Waals surface area contributed by atoms with Gasteiger partial charge in [0, 0.05) is 30.9 Å². The van der Waals surface area contributed by atoms with Gasteiger partial charge in [-0.05, 0) is 49.4 Å². The van der Waals surface area contributed by atoms with Crippen molar-refractivity contribution in [1.82, 2.24) is 10.2 Å². The zero-order valence-corrected chi connectivity index (χ0v) is 19.5. The van der Waals surface area contributed by atoms with Crippen molar-refractivity contribution < 1.29 is 9.53 Å². The number of benzene rings is 2. The summed E-state index contributed by atoms with van der Waals surface area (Å²) in [6, 6.07) is 15.9. The van der Waals surface area contributed by atoms with Crippen molar-refractivity contribution in [3.8, 4) is 0 Å². The van der Waals surface area contributed by atoms with E-state index in [1.807, 2.05) is 43.3 Å². The number of ether oxygens (including phenoxy) is 1. The summed E-state index contributed by atoms with van der Waals surface area (Å²) in [4.78, 5) is 16.1. The molecule has 1 unspecified atom stereocenters. The Kier molecular flexibility index (Phi) is 7.61. The summed E-state index contributed by atoms with van der Waals surface area (Å²) in [5.41, 5.74) is 4.21. The lowest BCUT2D eigenvalue weighted by Gasteiger charge is -2.48. The minimum absolute atomic E-state index is 0.00200. The molecule has 0 radical (unpaired) electrons. The number of carbonyl (C=O) groups is 1. The molecule has 0 aromatic heterocycles. The van der Waals surface area contributed by atoms with Crippen LogP contribution in [-0.2, 0) is 9.53 Å². The van der Waals surface area contributed by atoms with Gasteiger partial charge in [-0.1, -0.05) is 61.7 Å². The molecular weight excluding hydrogens is 398 g/mol. The van der Waals surface area contributed by atoms with Gasteiger partial charge in [0.1, 0.15) is 6.04 Å². The predicted octanol–water partition coefficient (Wildman–Crippen LogP) is 4.61. The third-order valence-corrected chi connectivity index (χ3v) is 7.15. The summed E-state index contributed by atoms with van der Waals surface area (Å²) in [6.45, 7) is 8.46. The highest BCUT2D eigenvalue weighted by atomic mass is 16.5. The molecule has 0 bridgehead atoms. The maximum atomic E-state index is 13.5. The third-order valence-electron chi connectivity index (χ3n) is 7.15. The first-order chi connectivity index (χ1) is 15.6. The summed E-state index contributed by atoms with van der Waals surface area (Å²) in [5.74, 6) is -0.00200. The average Bonchev–Trinajstić information content (AvgIpc) is 2.83. The Labute approximate surface area is 192 Å². The first-order valence-electron chi connectivity index (χ1n) is 12.1. The average molecular weight is 436 g/mol. The highest BCUT2D eigenvalue weighted by Crippen LogP contribution is 2.34. The minimum Gasteiger partial charge on any atom is -0.379 e. The minimum atomic E-state index is -0.393. The summed E-state index contributed by atoms with van der Waals surface area (Å²) in [6.07, 6.45) is 6.18. The third kappa shape index (κ3) is 5.40. The molecule has 2 aromatic rings. The number of amides is 1. The second-order valence-electron chi connectivity index (χ2n) is 9.42. The van der Waals surface area contributed by atoms with Crippen molar-refractivity contribution in [3.05, 3.63) is 65.2 Å². The molecule has 1 amide bonds. The Hall–Kier alpha value is -2.21. The Morgan fingerprint density at radius 3 is 2.47 bits per heavy atom. The Morgan fingerprint density at radius 2 is 1.75 bits per heavy atom. The molecule has 4 rings (SSSR count). The molecule has 5 nitrogen and oxygen atoms in total. The Bertz CT molecular complexity index is 887. The predicted molar refractivity (Wildman–Crippen MR) is 130 cm³/mol. The normalized spacial score (nSPS) is 19.9. The van der Waals surface area contributed by atoms with Crippen LogP contribution in [0.4, 0.5) is 5.69 Å². The highest BCUT2D eigenvalue weighted by molar-refractivity contribution is 5.96. The van der Waals surface area contributed by atoms with Crippen LogP contribution < -0.4 is 10.6 Å². The Balaban J connectivity index is 1.55. The first-order valence-corrected chi connectivity index (χ1v) is 12.1. The molecule has 1 saturated carbocycles. The van der Waals surface area contributed by atoms with Gasteiger partial charge in [0.15, 0.2) is 0 Å². The molecule has 32 heavy (non-hydrogen) atoms. The van der Waals surface area contributed by atoms with E-state index in [0.29, 0.717) is 0 Å². The van der Waals surface area contributed by atoms with Crippen LogP contribution in [-0.4, -0.2) is 49.2 Å². The molecular formula is C27H37N3O2. The van der Waals surface area contributed by atoms with Crippen molar-refractivity contribution in [2.75, 3.05) is 38.2 Å². The molecule has 1 aliphatic carbocycles. The summed E-state index contributed by atoms with van der Waals surface area (Å²) >= 11 is 0. The largest absolute Gasteiger partial charge is 0.379 e. The van der Waals surface area contributed by atoms with Crippen LogP contribution in [0.2, 0.25) is 0 Å². The number of hydrogen-bond acceptors (Lipinski definition) is 4. The second-order valence-corrected chi connectivity index (χ2v) is 9.42. The van der Waals surface area contributed by atoms with Crippen molar-refractivity contribution >= 4 is 11.6 Å². The zero-order chi connectivity index (χ0) is 22.4. The number of carbonyl (C=O) groups excluding carboxylic acids is 1. The highest BCUT2D eigenvalue weighted by Gasteiger charge is 2.39. The fourth-order valence-corrected chi connectivity index (χ4v) is 5.23. The van der Waals surface area contributed by atoms with Crippen molar-refractivity contribution in [1.29, 1.82) is 0 Å². The van der Waals surface area contributed by atoms with E-state index in [4.69, 9.17) is 4.74 Å². The number of aryl methyl sites for hydroxylation is 2. The number of rotatable bonds is 7. The van der Waals surface area contributed by atoms with E-state index < -0.39 is 6.04 Å². The van der Waals surface area contributed by atoms with Gasteiger partial charge in [0.2, 0.25) is 5.91 Å². The molecule has 5 heteroatoms. The standard InChI is InChI=1S/C27H37N3O2/c1-21-11-12-22(2)24(19-21)29-26(31)25(23-9-5-3-6-10-23)28-20-27(13-7-4-8-14-27)30-15-17-32-18-16-30/h3,5-6,9-12,19,25,28H,4,7-8,13-18,20H2,1-2H3,(H,29,31). The van der Waals surface area contributed by atoms with Crippen LogP contribution in [0.5, 0.6) is 0 Å². The maximum Gasteiger partial charge on any atom is 0.246 e. The first kappa shape index (κ1) is 23.0. The molecule has 2 aliphatic rings. The Morgan fingerprint density at radius 1 is 1.03 bits per heavy atom. The molecule has 1 aliphatic heterocycles. The fraction of sp³-hybridized carbons (Fsp3) is 0.519. The molecule has 2 fully saturated rings. The summed E-state index contributed by atoms with van der Waals surface area (Å²) in [7, 11) is 0. The second kappa shape index (κ2) is 10.6. The van der Waals surface area contributed by atoms with E-state index in [2.05, 4.69) is 34.6 Å². The number of anilines is 1. The van der Waals surface area contributed by atoms with E-state index in [1.165, 1.54) is 32.1 Å². The lowest BCUT2D eigenvalue weighted by atomic mass is 9.79. The van der Waals surface area contributed by atoms with Gasteiger partial charge in [-0.25, -0.2) is 0 Å². The van der Waals surface area contributed by atoms with E-state index in [1.54, 1.807) is 0 Å². The quantitative estimate of drug-likeness (QED) is 0.667. The lowest BCUT2D eigenvalue weighted by Crippen LogP contribution is -2.59. The molecule has 2 aromatic carbocycles. The fourth-order valence-electron chi connectivity index (χ4n) is 5.23. The van der Waals surface area contributed by atoms with E-state index >= 15 is 0 Å². The lowest BCUT2D eigenvalue weighted by molar-refractivity contribution is -0.118. The molecule has 172 valence electrons. The van der Waals surface area contributed by atoms with Crippen LogP contribution in [0, 0.1) is 13.8 Å². The molecule has 0 spiro atoms. The van der Waals surface area contributed by atoms with Crippen molar-refractivity contribution in [3.63, 3.8) is 0 Å². The number of morpholine rings is 1. The topological polar surface area (TPSA) is 53.6 Å². The number of nitrogens with one attached hydrogen (secondary N) is 2. The van der Waals surface area contributed by atoms with Crippen LogP contribution in [0.25, 0.3) is 0 Å². The van der Waals surface area contributed by atoms with Crippen LogP contribution in [0.1, 0.15) is 54.8 Å². The van der Waals surface area contributed by atoms with Gasteiger partial charge < -0.3 is 15.4 Å². The summed E-state index contributed by atoms with van der Waals surface area (Å²) in [5, 5.41) is 6.90. The number of hydrogen-bond donors (Lipinski definition) is 2. The SMILES string of the molecule is Cc1ccc(C)c(NC(=O)C(NCC2(N3CCOCC3)CCCCC2)c2ccccc2)c1. The van der Waals surface area contributed by atoms with Gasteiger partial charge in [0.25, 0.3) is 0 Å². The smallest absolute Gasteiger partial charge is 0.246 e. The molecule has 1 saturated heterocycles. The van der Waals surface area contributed by atoms with Crippen molar-refractivity contribution in [2.24, 2.45) is 0 Å². The van der Waals surface area contributed by atoms with Crippen LogP contribution in [0.15, 0.2) is 48.5 Å². The van der Waals surface area contributed by atoms with E-state index in [-0.39, 0.29) is 11.4 Å². The van der Waals surface area contributed by atoms with E-state index in [0.717, 1.165) is 55.2 Å². The van der Waals surface area contributed by atoms with Crippen LogP contribution in [0.3, 0.4) is 0 Å². The van der Waals surface area contributed by atoms with Gasteiger partial charge in [-0.3, -0.25) is 9.69 Å². The van der Waals surface area contributed by atoms with Crippen LogP contribution >= 0.6 is 0 Å². The van der Waals surface area contributed by atoms with Gasteiger partial charge >= 0.3 is 0 Å². The molecule has 1 atom stereocenters.